The number of carboxylic acid groups (broad SMARTS) is 1. The standard InChI is InChI=1S/C13H24O4/c1-13(2,12(14)15)7-5-8-16-10-11-6-3-4-9-17-11/h11H,3-10H2,1-2H3,(H,14,15). The predicted molar refractivity (Wildman–Crippen MR) is 65.1 cm³/mol. The lowest BCUT2D eigenvalue weighted by Crippen LogP contribution is -2.26. The van der Waals surface area contributed by atoms with Gasteiger partial charge in [-0.25, -0.2) is 0 Å². The van der Waals surface area contributed by atoms with Crippen molar-refractivity contribution < 1.29 is 19.4 Å². The van der Waals surface area contributed by atoms with Crippen molar-refractivity contribution in [2.24, 2.45) is 5.41 Å². The van der Waals surface area contributed by atoms with Gasteiger partial charge in [-0.2, -0.15) is 0 Å². The molecule has 100 valence electrons. The Kier molecular flexibility index (Phi) is 5.92. The SMILES string of the molecule is CC(C)(CCCOCC1CCCCO1)C(=O)O. The van der Waals surface area contributed by atoms with Crippen LogP contribution in [0.15, 0.2) is 0 Å². The molecule has 0 amide bonds. The van der Waals surface area contributed by atoms with Gasteiger partial charge >= 0.3 is 5.97 Å². The smallest absolute Gasteiger partial charge is 0.309 e. The zero-order valence-corrected chi connectivity index (χ0v) is 10.9. The number of aliphatic carboxylic acids is 1. The van der Waals surface area contributed by atoms with Gasteiger partial charge in [0.1, 0.15) is 0 Å². The van der Waals surface area contributed by atoms with Crippen LogP contribution in [0.3, 0.4) is 0 Å². The van der Waals surface area contributed by atoms with Gasteiger partial charge in [-0.1, -0.05) is 0 Å². The fraction of sp³-hybridized carbons (Fsp3) is 0.923. The van der Waals surface area contributed by atoms with Crippen LogP contribution in [0.1, 0.15) is 46.0 Å². The molecule has 1 heterocycles. The van der Waals surface area contributed by atoms with Crippen LogP contribution in [0.4, 0.5) is 0 Å². The Morgan fingerprint density at radius 1 is 1.47 bits per heavy atom. The molecule has 0 bridgehead atoms. The molecule has 4 heteroatoms. The summed E-state index contributed by atoms with van der Waals surface area (Å²) in [4.78, 5) is 10.9. The number of hydrogen-bond acceptors (Lipinski definition) is 3. The van der Waals surface area contributed by atoms with E-state index in [-0.39, 0.29) is 6.10 Å². The lowest BCUT2D eigenvalue weighted by atomic mass is 9.88. The summed E-state index contributed by atoms with van der Waals surface area (Å²) in [5.74, 6) is -0.742. The van der Waals surface area contributed by atoms with Crippen molar-refractivity contribution in [2.75, 3.05) is 19.8 Å². The summed E-state index contributed by atoms with van der Waals surface area (Å²) in [6.07, 6.45) is 5.14. The largest absolute Gasteiger partial charge is 0.481 e. The highest BCUT2D eigenvalue weighted by Crippen LogP contribution is 2.22. The van der Waals surface area contributed by atoms with E-state index in [2.05, 4.69) is 0 Å². The van der Waals surface area contributed by atoms with Gasteiger partial charge in [-0.05, 0) is 46.0 Å². The average molecular weight is 244 g/mol. The Morgan fingerprint density at radius 3 is 2.82 bits per heavy atom. The first-order chi connectivity index (χ1) is 8.02. The molecule has 1 atom stereocenters. The number of carboxylic acids is 1. The quantitative estimate of drug-likeness (QED) is 0.699. The van der Waals surface area contributed by atoms with Crippen molar-refractivity contribution in [3.8, 4) is 0 Å². The minimum absolute atomic E-state index is 0.247. The van der Waals surface area contributed by atoms with Crippen molar-refractivity contribution in [2.45, 2.75) is 52.1 Å². The highest BCUT2D eigenvalue weighted by atomic mass is 16.5. The molecule has 0 saturated carbocycles. The maximum Gasteiger partial charge on any atom is 0.309 e. The molecule has 0 aromatic rings. The molecule has 0 aromatic carbocycles. The van der Waals surface area contributed by atoms with Crippen molar-refractivity contribution in [1.29, 1.82) is 0 Å². The number of hydrogen-bond donors (Lipinski definition) is 1. The van der Waals surface area contributed by atoms with Gasteiger partial charge in [0.25, 0.3) is 0 Å². The van der Waals surface area contributed by atoms with E-state index in [9.17, 15) is 4.79 Å². The Morgan fingerprint density at radius 2 is 2.24 bits per heavy atom. The lowest BCUT2D eigenvalue weighted by molar-refractivity contribution is -0.147. The summed E-state index contributed by atoms with van der Waals surface area (Å²) in [5, 5.41) is 8.94. The highest BCUT2D eigenvalue weighted by Gasteiger charge is 2.26. The molecule has 0 spiro atoms. The predicted octanol–water partition coefficient (Wildman–Crippen LogP) is 2.46. The molecule has 0 aromatic heterocycles. The second kappa shape index (κ2) is 6.97. The highest BCUT2D eigenvalue weighted by molar-refractivity contribution is 5.73. The van der Waals surface area contributed by atoms with Gasteiger partial charge in [0.2, 0.25) is 0 Å². The van der Waals surface area contributed by atoms with Crippen LogP contribution in [0.25, 0.3) is 0 Å². The van der Waals surface area contributed by atoms with Gasteiger partial charge in [0.15, 0.2) is 0 Å². The molecule has 17 heavy (non-hydrogen) atoms. The van der Waals surface area contributed by atoms with Crippen LogP contribution in [0.5, 0.6) is 0 Å². The first-order valence-electron chi connectivity index (χ1n) is 6.45. The van der Waals surface area contributed by atoms with E-state index < -0.39 is 11.4 Å². The molecule has 0 aliphatic carbocycles. The van der Waals surface area contributed by atoms with Crippen molar-refractivity contribution in [3.05, 3.63) is 0 Å². The van der Waals surface area contributed by atoms with Gasteiger partial charge in [0, 0.05) is 13.2 Å². The van der Waals surface area contributed by atoms with Crippen molar-refractivity contribution in [1.82, 2.24) is 0 Å². The molecular formula is C13H24O4. The van der Waals surface area contributed by atoms with Crippen molar-refractivity contribution >= 4 is 5.97 Å². The van der Waals surface area contributed by atoms with Gasteiger partial charge in [-0.15, -0.1) is 0 Å². The van der Waals surface area contributed by atoms with E-state index in [4.69, 9.17) is 14.6 Å². The zero-order valence-electron chi connectivity index (χ0n) is 10.9. The molecular weight excluding hydrogens is 220 g/mol. The number of rotatable bonds is 7. The van der Waals surface area contributed by atoms with Gasteiger partial charge < -0.3 is 14.6 Å². The molecule has 1 fully saturated rings. The summed E-state index contributed by atoms with van der Waals surface area (Å²) in [7, 11) is 0. The Bertz CT molecular complexity index is 232. The van der Waals surface area contributed by atoms with E-state index in [0.717, 1.165) is 25.9 Å². The topological polar surface area (TPSA) is 55.8 Å². The van der Waals surface area contributed by atoms with Crippen LogP contribution in [0.2, 0.25) is 0 Å². The van der Waals surface area contributed by atoms with E-state index in [1.54, 1.807) is 13.8 Å². The minimum atomic E-state index is -0.742. The average Bonchev–Trinajstić information content (AvgIpc) is 2.29. The molecule has 1 saturated heterocycles. The summed E-state index contributed by atoms with van der Waals surface area (Å²) in [6.45, 7) is 5.61. The number of ether oxygens (including phenoxy) is 2. The van der Waals surface area contributed by atoms with Gasteiger partial charge in [-0.3, -0.25) is 4.79 Å². The third kappa shape index (κ3) is 5.50. The molecule has 1 unspecified atom stereocenters. The monoisotopic (exact) mass is 244 g/mol. The van der Waals surface area contributed by atoms with E-state index in [1.807, 2.05) is 0 Å². The summed E-state index contributed by atoms with van der Waals surface area (Å²) in [5.41, 5.74) is -0.648. The number of carbonyl (C=O) groups is 1. The molecule has 4 nitrogen and oxygen atoms in total. The summed E-state index contributed by atoms with van der Waals surface area (Å²) in [6, 6.07) is 0. The van der Waals surface area contributed by atoms with Crippen LogP contribution < -0.4 is 0 Å². The second-order valence-corrected chi connectivity index (χ2v) is 5.36. The Labute approximate surface area is 103 Å². The maximum atomic E-state index is 10.9. The van der Waals surface area contributed by atoms with E-state index >= 15 is 0 Å². The minimum Gasteiger partial charge on any atom is -0.481 e. The molecule has 1 N–H and O–H groups in total. The zero-order chi connectivity index (χ0) is 12.7. The third-order valence-corrected chi connectivity index (χ3v) is 3.25. The van der Waals surface area contributed by atoms with E-state index in [0.29, 0.717) is 19.6 Å². The lowest BCUT2D eigenvalue weighted by Gasteiger charge is -2.23. The Hall–Kier alpha value is -0.610. The van der Waals surface area contributed by atoms with Gasteiger partial charge in [0.05, 0.1) is 18.1 Å². The summed E-state index contributed by atoms with van der Waals surface area (Å²) >= 11 is 0. The third-order valence-electron chi connectivity index (χ3n) is 3.25. The van der Waals surface area contributed by atoms with E-state index in [1.165, 1.54) is 6.42 Å². The molecule has 1 aliphatic heterocycles. The van der Waals surface area contributed by atoms with Crippen LogP contribution in [0, 0.1) is 5.41 Å². The molecule has 1 rings (SSSR count). The fourth-order valence-corrected chi connectivity index (χ4v) is 1.88. The maximum absolute atomic E-state index is 10.9. The normalized spacial score (nSPS) is 21.4. The Balaban J connectivity index is 2.02. The second-order valence-electron chi connectivity index (χ2n) is 5.36. The van der Waals surface area contributed by atoms with Crippen LogP contribution in [-0.2, 0) is 14.3 Å². The molecule has 0 radical (unpaired) electrons. The fourth-order valence-electron chi connectivity index (χ4n) is 1.88. The van der Waals surface area contributed by atoms with Crippen LogP contribution >= 0.6 is 0 Å². The van der Waals surface area contributed by atoms with Crippen LogP contribution in [-0.4, -0.2) is 37.0 Å². The van der Waals surface area contributed by atoms with Crippen molar-refractivity contribution in [3.63, 3.8) is 0 Å². The first-order valence-corrected chi connectivity index (χ1v) is 6.45. The first kappa shape index (κ1) is 14.5. The molecule has 1 aliphatic rings. The summed E-state index contributed by atoms with van der Waals surface area (Å²) < 4.78 is 11.1.